The Hall–Kier alpha value is -2.12. The summed E-state index contributed by atoms with van der Waals surface area (Å²) in [4.78, 5) is 2.94. The zero-order chi connectivity index (χ0) is 18.1. The van der Waals surface area contributed by atoms with Crippen LogP contribution in [0.2, 0.25) is 0 Å². The Labute approximate surface area is 161 Å². The molecule has 0 saturated carbocycles. The van der Waals surface area contributed by atoms with Gasteiger partial charge in [0.05, 0.1) is 0 Å². The van der Waals surface area contributed by atoms with Crippen molar-refractivity contribution >= 4 is 23.0 Å². The zero-order valence-corrected chi connectivity index (χ0v) is 16.7. The van der Waals surface area contributed by atoms with Crippen LogP contribution in [0, 0.1) is 0 Å². The summed E-state index contributed by atoms with van der Waals surface area (Å²) >= 11 is 1.96. The first kappa shape index (κ1) is 17.3. The van der Waals surface area contributed by atoms with Crippen LogP contribution in [0.3, 0.4) is 0 Å². The Balaban J connectivity index is 1.68. The van der Waals surface area contributed by atoms with Gasteiger partial charge in [-0.05, 0) is 70.4 Å². The van der Waals surface area contributed by atoms with E-state index < -0.39 is 0 Å². The predicted molar refractivity (Wildman–Crippen MR) is 116 cm³/mol. The van der Waals surface area contributed by atoms with Gasteiger partial charge in [-0.3, -0.25) is 0 Å². The van der Waals surface area contributed by atoms with Crippen LogP contribution in [-0.2, 0) is 12.8 Å². The van der Waals surface area contributed by atoms with E-state index >= 15 is 0 Å². The van der Waals surface area contributed by atoms with E-state index in [9.17, 15) is 0 Å². The van der Waals surface area contributed by atoms with E-state index in [0.717, 1.165) is 6.42 Å². The molecule has 0 radical (unpaired) electrons. The van der Waals surface area contributed by atoms with Crippen LogP contribution >= 0.6 is 11.3 Å². The van der Waals surface area contributed by atoms with E-state index in [1.807, 2.05) is 11.3 Å². The van der Waals surface area contributed by atoms with Gasteiger partial charge in [-0.1, -0.05) is 69.7 Å². The third-order valence-electron chi connectivity index (χ3n) is 5.26. The van der Waals surface area contributed by atoms with Crippen LogP contribution in [0.1, 0.15) is 59.6 Å². The quantitative estimate of drug-likeness (QED) is 0.441. The fourth-order valence-electron chi connectivity index (χ4n) is 3.76. The molecule has 0 fully saturated rings. The Bertz CT molecular complexity index is 939. The molecule has 0 nitrogen and oxygen atoms in total. The average molecular weight is 359 g/mol. The predicted octanol–water partition coefficient (Wildman–Crippen LogP) is 7.59. The second-order valence-electron chi connectivity index (χ2n) is 7.52. The van der Waals surface area contributed by atoms with Crippen molar-refractivity contribution in [2.75, 3.05) is 0 Å². The maximum absolute atomic E-state index is 2.42. The van der Waals surface area contributed by atoms with Gasteiger partial charge in [-0.25, -0.2) is 0 Å². The second-order valence-corrected chi connectivity index (χ2v) is 8.69. The standard InChI is InChI=1S/C25H26S/c1-4-6-22-13-14-25(26-22)21-15-20-7-5-8-23(24(20)16-21)19-11-9-18(10-12-19)17(2)3/h5,7-14,16-17H,4,6,15H2,1-3H3. The van der Waals surface area contributed by atoms with E-state index in [1.165, 1.54) is 56.0 Å². The summed E-state index contributed by atoms with van der Waals surface area (Å²) < 4.78 is 0. The third kappa shape index (κ3) is 3.29. The molecule has 0 saturated heterocycles. The van der Waals surface area contributed by atoms with Gasteiger partial charge >= 0.3 is 0 Å². The van der Waals surface area contributed by atoms with Crippen molar-refractivity contribution in [3.63, 3.8) is 0 Å². The molecule has 0 bridgehead atoms. The van der Waals surface area contributed by atoms with Crippen molar-refractivity contribution in [2.45, 2.75) is 46.0 Å². The van der Waals surface area contributed by atoms with Gasteiger partial charge in [0.15, 0.2) is 0 Å². The summed E-state index contributed by atoms with van der Waals surface area (Å²) in [6.45, 7) is 6.75. The molecule has 0 N–H and O–H groups in total. The third-order valence-corrected chi connectivity index (χ3v) is 6.48. The highest BCUT2D eigenvalue weighted by Crippen LogP contribution is 2.39. The SMILES string of the molecule is CCCc1ccc(C2=Cc3c(cccc3-c3ccc(C(C)C)cc3)C2)s1. The molecule has 1 aromatic heterocycles. The second kappa shape index (κ2) is 7.25. The molecule has 0 spiro atoms. The average Bonchev–Trinajstić information content (AvgIpc) is 3.28. The number of aryl methyl sites for hydroxylation is 1. The summed E-state index contributed by atoms with van der Waals surface area (Å²) in [5.74, 6) is 0.577. The minimum atomic E-state index is 0.577. The van der Waals surface area contributed by atoms with Crippen LogP contribution < -0.4 is 0 Å². The Morgan fingerprint density at radius 1 is 0.962 bits per heavy atom. The Morgan fingerprint density at radius 3 is 2.50 bits per heavy atom. The fourth-order valence-corrected chi connectivity index (χ4v) is 4.88. The fraction of sp³-hybridized carbons (Fsp3) is 0.280. The van der Waals surface area contributed by atoms with Gasteiger partial charge in [0.1, 0.15) is 0 Å². The van der Waals surface area contributed by atoms with Gasteiger partial charge in [-0.15, -0.1) is 11.3 Å². The Morgan fingerprint density at radius 2 is 1.77 bits per heavy atom. The van der Waals surface area contributed by atoms with Crippen molar-refractivity contribution in [3.05, 3.63) is 81.0 Å². The van der Waals surface area contributed by atoms with Gasteiger partial charge in [0, 0.05) is 9.75 Å². The lowest BCUT2D eigenvalue weighted by molar-refractivity contribution is 0.867. The van der Waals surface area contributed by atoms with Gasteiger partial charge < -0.3 is 0 Å². The molecular formula is C25H26S. The number of hydrogen-bond donors (Lipinski definition) is 0. The monoisotopic (exact) mass is 358 g/mol. The van der Waals surface area contributed by atoms with Crippen molar-refractivity contribution in [1.29, 1.82) is 0 Å². The molecule has 1 heteroatoms. The number of hydrogen-bond acceptors (Lipinski definition) is 1. The summed E-state index contributed by atoms with van der Waals surface area (Å²) in [6, 6.07) is 20.5. The maximum Gasteiger partial charge on any atom is 0.0308 e. The first-order valence-corrected chi connectivity index (χ1v) is 10.5. The number of thiophene rings is 1. The molecule has 0 amide bonds. The highest BCUT2D eigenvalue weighted by atomic mass is 32.1. The minimum absolute atomic E-state index is 0.577. The van der Waals surface area contributed by atoms with Crippen LogP contribution in [0.15, 0.2) is 54.6 Å². The van der Waals surface area contributed by atoms with Crippen LogP contribution in [0.5, 0.6) is 0 Å². The summed E-state index contributed by atoms with van der Waals surface area (Å²) in [6.07, 6.45) is 5.88. The molecule has 1 aliphatic carbocycles. The molecule has 1 heterocycles. The highest BCUT2D eigenvalue weighted by molar-refractivity contribution is 7.13. The van der Waals surface area contributed by atoms with E-state index in [0.29, 0.717) is 5.92 Å². The molecule has 2 aromatic carbocycles. The van der Waals surface area contributed by atoms with Gasteiger partial charge in [-0.2, -0.15) is 0 Å². The lowest BCUT2D eigenvalue weighted by Crippen LogP contribution is -1.89. The molecular weight excluding hydrogens is 332 g/mol. The first-order valence-electron chi connectivity index (χ1n) is 9.67. The molecule has 132 valence electrons. The molecule has 3 aromatic rings. The minimum Gasteiger partial charge on any atom is -0.141 e. The summed E-state index contributed by atoms with van der Waals surface area (Å²) in [7, 11) is 0. The van der Waals surface area contributed by atoms with E-state index in [2.05, 4.69) is 81.4 Å². The molecule has 0 atom stereocenters. The number of benzene rings is 2. The largest absolute Gasteiger partial charge is 0.141 e. The zero-order valence-electron chi connectivity index (χ0n) is 15.9. The number of allylic oxidation sites excluding steroid dienone is 1. The Kier molecular flexibility index (Phi) is 4.82. The van der Waals surface area contributed by atoms with Gasteiger partial charge in [0.2, 0.25) is 0 Å². The van der Waals surface area contributed by atoms with E-state index in [1.54, 1.807) is 0 Å². The number of fused-ring (bicyclic) bond motifs is 1. The summed E-state index contributed by atoms with van der Waals surface area (Å²) in [5, 5.41) is 0. The lowest BCUT2D eigenvalue weighted by atomic mass is 9.94. The van der Waals surface area contributed by atoms with Gasteiger partial charge in [0.25, 0.3) is 0 Å². The van der Waals surface area contributed by atoms with Crippen LogP contribution in [0.25, 0.3) is 22.8 Å². The van der Waals surface area contributed by atoms with E-state index in [-0.39, 0.29) is 0 Å². The molecule has 1 aliphatic rings. The smallest absolute Gasteiger partial charge is 0.0308 e. The normalized spacial score (nSPS) is 13.2. The molecule has 26 heavy (non-hydrogen) atoms. The van der Waals surface area contributed by atoms with Crippen molar-refractivity contribution in [2.24, 2.45) is 0 Å². The molecule has 0 unspecified atom stereocenters. The van der Waals surface area contributed by atoms with Crippen molar-refractivity contribution < 1.29 is 0 Å². The van der Waals surface area contributed by atoms with Crippen molar-refractivity contribution in [1.82, 2.24) is 0 Å². The van der Waals surface area contributed by atoms with Crippen molar-refractivity contribution in [3.8, 4) is 11.1 Å². The molecule has 0 aliphatic heterocycles. The summed E-state index contributed by atoms with van der Waals surface area (Å²) in [5.41, 5.74) is 8.42. The first-order chi connectivity index (χ1) is 12.7. The van der Waals surface area contributed by atoms with Crippen LogP contribution in [0.4, 0.5) is 0 Å². The lowest BCUT2D eigenvalue weighted by Gasteiger charge is -2.10. The topological polar surface area (TPSA) is 0 Å². The van der Waals surface area contributed by atoms with Crippen LogP contribution in [-0.4, -0.2) is 0 Å². The maximum atomic E-state index is 2.42. The van der Waals surface area contributed by atoms with E-state index in [4.69, 9.17) is 0 Å². The molecule has 4 rings (SSSR count). The number of rotatable bonds is 5. The highest BCUT2D eigenvalue weighted by Gasteiger charge is 2.18.